The number of nitrogens with zero attached hydrogens (tertiary/aromatic N) is 2. The van der Waals surface area contributed by atoms with Crippen molar-refractivity contribution in [1.29, 1.82) is 0 Å². The van der Waals surface area contributed by atoms with Crippen LogP contribution < -0.4 is 5.32 Å². The van der Waals surface area contributed by atoms with Crippen molar-refractivity contribution >= 4 is 0 Å². The second-order valence-electron chi connectivity index (χ2n) is 4.11. The molecular weight excluding hydrogens is 214 g/mol. The molecule has 4 heteroatoms. The van der Waals surface area contributed by atoms with Gasteiger partial charge in [-0.05, 0) is 11.5 Å². The van der Waals surface area contributed by atoms with Gasteiger partial charge < -0.3 is 9.84 Å². The molecule has 1 N–H and O–H groups in total. The molecule has 1 aromatic heterocycles. The molecular formula is C13H17N3O. The van der Waals surface area contributed by atoms with Gasteiger partial charge in [0.2, 0.25) is 6.39 Å². The molecule has 0 aliphatic rings. The molecule has 0 saturated heterocycles. The Kier molecular flexibility index (Phi) is 4.27. The Labute approximate surface area is 101 Å². The molecule has 0 spiro atoms. The van der Waals surface area contributed by atoms with E-state index in [2.05, 4.69) is 51.2 Å². The van der Waals surface area contributed by atoms with Crippen molar-refractivity contribution in [2.24, 2.45) is 0 Å². The Morgan fingerprint density at radius 3 is 2.82 bits per heavy atom. The minimum Gasteiger partial charge on any atom is -0.343 e. The summed E-state index contributed by atoms with van der Waals surface area (Å²) in [5, 5.41) is 7.17. The molecule has 4 nitrogen and oxygen atoms in total. The van der Waals surface area contributed by atoms with E-state index < -0.39 is 0 Å². The second kappa shape index (κ2) is 6.15. The molecule has 2 rings (SSSR count). The number of benzene rings is 1. The lowest BCUT2D eigenvalue weighted by atomic mass is 10.0. The van der Waals surface area contributed by atoms with Crippen LogP contribution >= 0.6 is 0 Å². The zero-order chi connectivity index (χ0) is 11.9. The van der Waals surface area contributed by atoms with Crippen molar-refractivity contribution in [2.45, 2.75) is 19.3 Å². The lowest BCUT2D eigenvalue weighted by molar-refractivity contribution is 0.409. The summed E-state index contributed by atoms with van der Waals surface area (Å²) in [6, 6.07) is 10.5. The van der Waals surface area contributed by atoms with Gasteiger partial charge in [-0.3, -0.25) is 0 Å². The highest BCUT2D eigenvalue weighted by Crippen LogP contribution is 2.12. The highest BCUT2D eigenvalue weighted by Gasteiger charge is 2.04. The Hall–Kier alpha value is -1.68. The van der Waals surface area contributed by atoms with Crippen molar-refractivity contribution in [1.82, 2.24) is 15.5 Å². The van der Waals surface area contributed by atoms with Gasteiger partial charge in [0, 0.05) is 19.5 Å². The molecule has 0 radical (unpaired) electrons. The van der Waals surface area contributed by atoms with Gasteiger partial charge in [0.15, 0.2) is 5.82 Å². The SMILES string of the molecule is CC(CNCCc1ncon1)c1ccccc1. The normalized spacial score (nSPS) is 12.5. The standard InChI is InChI=1S/C13H17N3O/c1-11(12-5-3-2-4-6-12)9-14-8-7-13-15-10-17-16-13/h2-6,10-11,14H,7-9H2,1H3. The summed E-state index contributed by atoms with van der Waals surface area (Å²) in [6.45, 7) is 4.05. The van der Waals surface area contributed by atoms with E-state index in [0.29, 0.717) is 5.92 Å². The maximum Gasteiger partial charge on any atom is 0.213 e. The summed E-state index contributed by atoms with van der Waals surface area (Å²) in [5.74, 6) is 1.27. The molecule has 0 amide bonds. The van der Waals surface area contributed by atoms with Gasteiger partial charge in [0.25, 0.3) is 0 Å². The van der Waals surface area contributed by atoms with Crippen molar-refractivity contribution in [3.8, 4) is 0 Å². The van der Waals surface area contributed by atoms with Crippen molar-refractivity contribution in [3.63, 3.8) is 0 Å². The van der Waals surface area contributed by atoms with E-state index >= 15 is 0 Å². The molecule has 90 valence electrons. The molecule has 1 aromatic carbocycles. The molecule has 1 unspecified atom stereocenters. The fourth-order valence-electron chi connectivity index (χ4n) is 1.72. The zero-order valence-corrected chi connectivity index (χ0v) is 9.97. The average Bonchev–Trinajstić information content (AvgIpc) is 2.88. The first-order chi connectivity index (χ1) is 8.36. The van der Waals surface area contributed by atoms with Crippen molar-refractivity contribution in [2.75, 3.05) is 13.1 Å². The van der Waals surface area contributed by atoms with Crippen LogP contribution in [0.2, 0.25) is 0 Å². The molecule has 1 atom stereocenters. The summed E-state index contributed by atoms with van der Waals surface area (Å²) in [5.41, 5.74) is 1.36. The van der Waals surface area contributed by atoms with E-state index in [0.717, 1.165) is 25.3 Å². The topological polar surface area (TPSA) is 51.0 Å². The van der Waals surface area contributed by atoms with Crippen molar-refractivity contribution in [3.05, 3.63) is 48.1 Å². The summed E-state index contributed by atoms with van der Waals surface area (Å²) in [7, 11) is 0. The largest absolute Gasteiger partial charge is 0.343 e. The van der Waals surface area contributed by atoms with Crippen LogP contribution in [-0.4, -0.2) is 23.2 Å². The minimum absolute atomic E-state index is 0.515. The van der Waals surface area contributed by atoms with Gasteiger partial charge >= 0.3 is 0 Å². The maximum absolute atomic E-state index is 4.67. The quantitative estimate of drug-likeness (QED) is 0.773. The van der Waals surface area contributed by atoms with Crippen LogP contribution in [0.25, 0.3) is 0 Å². The summed E-state index contributed by atoms with van der Waals surface area (Å²) >= 11 is 0. The third kappa shape index (κ3) is 3.67. The summed E-state index contributed by atoms with van der Waals surface area (Å²) < 4.78 is 4.67. The van der Waals surface area contributed by atoms with Crippen LogP contribution in [0.1, 0.15) is 24.2 Å². The first-order valence-electron chi connectivity index (χ1n) is 5.87. The van der Waals surface area contributed by atoms with Crippen LogP contribution in [-0.2, 0) is 6.42 Å². The van der Waals surface area contributed by atoms with E-state index in [4.69, 9.17) is 0 Å². The molecule has 0 saturated carbocycles. The smallest absolute Gasteiger partial charge is 0.213 e. The van der Waals surface area contributed by atoms with Crippen LogP contribution in [0.4, 0.5) is 0 Å². The van der Waals surface area contributed by atoms with E-state index in [9.17, 15) is 0 Å². The Bertz CT molecular complexity index is 413. The summed E-state index contributed by atoms with van der Waals surface area (Å²) in [6.07, 6.45) is 2.17. The molecule has 17 heavy (non-hydrogen) atoms. The highest BCUT2D eigenvalue weighted by molar-refractivity contribution is 5.18. The van der Waals surface area contributed by atoms with E-state index in [-0.39, 0.29) is 0 Å². The molecule has 0 aliphatic heterocycles. The molecule has 0 aliphatic carbocycles. The Morgan fingerprint density at radius 1 is 1.29 bits per heavy atom. The Morgan fingerprint density at radius 2 is 2.12 bits per heavy atom. The van der Waals surface area contributed by atoms with Gasteiger partial charge in [0.05, 0.1) is 0 Å². The molecule has 2 aromatic rings. The number of nitrogens with one attached hydrogen (secondary N) is 1. The maximum atomic E-state index is 4.67. The summed E-state index contributed by atoms with van der Waals surface area (Å²) in [4.78, 5) is 3.97. The number of hydrogen-bond donors (Lipinski definition) is 1. The molecule has 0 fully saturated rings. The predicted molar refractivity (Wildman–Crippen MR) is 65.7 cm³/mol. The number of rotatable bonds is 6. The number of hydrogen-bond acceptors (Lipinski definition) is 4. The van der Waals surface area contributed by atoms with Crippen LogP contribution in [0.5, 0.6) is 0 Å². The first-order valence-corrected chi connectivity index (χ1v) is 5.87. The lowest BCUT2D eigenvalue weighted by Gasteiger charge is -2.12. The lowest BCUT2D eigenvalue weighted by Crippen LogP contribution is -2.22. The minimum atomic E-state index is 0.515. The van der Waals surface area contributed by atoms with Crippen molar-refractivity contribution < 1.29 is 4.52 Å². The van der Waals surface area contributed by atoms with Gasteiger partial charge in [0.1, 0.15) is 0 Å². The molecule has 1 heterocycles. The average molecular weight is 231 g/mol. The first kappa shape index (κ1) is 11.8. The van der Waals surface area contributed by atoms with Crippen LogP contribution in [0.3, 0.4) is 0 Å². The third-order valence-corrected chi connectivity index (χ3v) is 2.75. The predicted octanol–water partition coefficient (Wildman–Crippen LogP) is 2.01. The monoisotopic (exact) mass is 231 g/mol. The fourth-order valence-corrected chi connectivity index (χ4v) is 1.72. The van der Waals surface area contributed by atoms with Gasteiger partial charge in [-0.1, -0.05) is 42.4 Å². The van der Waals surface area contributed by atoms with E-state index in [1.54, 1.807) is 0 Å². The number of aromatic nitrogens is 2. The van der Waals surface area contributed by atoms with Gasteiger partial charge in [-0.25, -0.2) is 0 Å². The zero-order valence-electron chi connectivity index (χ0n) is 9.97. The van der Waals surface area contributed by atoms with Crippen LogP contribution in [0, 0.1) is 0 Å². The second-order valence-corrected chi connectivity index (χ2v) is 4.11. The van der Waals surface area contributed by atoms with E-state index in [1.807, 2.05) is 6.07 Å². The van der Waals surface area contributed by atoms with Gasteiger partial charge in [-0.2, -0.15) is 4.98 Å². The van der Waals surface area contributed by atoms with Gasteiger partial charge in [-0.15, -0.1) is 0 Å². The third-order valence-electron chi connectivity index (χ3n) is 2.75. The Balaban J connectivity index is 1.68. The fraction of sp³-hybridized carbons (Fsp3) is 0.385. The highest BCUT2D eigenvalue weighted by atomic mass is 16.5. The molecule has 0 bridgehead atoms. The van der Waals surface area contributed by atoms with E-state index in [1.165, 1.54) is 12.0 Å². The van der Waals surface area contributed by atoms with Crippen LogP contribution in [0.15, 0.2) is 41.2 Å².